The Labute approximate surface area is 177 Å². The van der Waals surface area contributed by atoms with E-state index in [1.165, 1.54) is 48.6 Å². The van der Waals surface area contributed by atoms with Crippen LogP contribution in [0.15, 0.2) is 58.6 Å². The minimum absolute atomic E-state index is 0.0210. The van der Waals surface area contributed by atoms with Gasteiger partial charge in [0.2, 0.25) is 15.9 Å². The lowest BCUT2D eigenvalue weighted by Crippen LogP contribution is -2.40. The molecule has 0 bridgehead atoms. The van der Waals surface area contributed by atoms with Gasteiger partial charge in [0.1, 0.15) is 10.6 Å². The zero-order valence-corrected chi connectivity index (χ0v) is 18.7. The molecule has 1 amide bonds. The summed E-state index contributed by atoms with van der Waals surface area (Å²) in [6.45, 7) is 0.324. The summed E-state index contributed by atoms with van der Waals surface area (Å²) in [5.41, 5.74) is 0. The van der Waals surface area contributed by atoms with Gasteiger partial charge in [0, 0.05) is 39.3 Å². The van der Waals surface area contributed by atoms with Crippen molar-refractivity contribution in [2.75, 3.05) is 40.0 Å². The third kappa shape index (κ3) is 6.51. The number of aromatic nitrogens is 1. The highest BCUT2D eigenvalue weighted by atomic mass is 32.2. The van der Waals surface area contributed by atoms with Gasteiger partial charge in [0.05, 0.1) is 18.0 Å². The van der Waals surface area contributed by atoms with Crippen molar-refractivity contribution in [2.24, 2.45) is 0 Å². The van der Waals surface area contributed by atoms with Crippen LogP contribution in [0.3, 0.4) is 0 Å². The molecule has 0 saturated carbocycles. The molecule has 164 valence electrons. The number of amides is 1. The van der Waals surface area contributed by atoms with Gasteiger partial charge in [0.25, 0.3) is 0 Å². The summed E-state index contributed by atoms with van der Waals surface area (Å²) >= 11 is 0. The van der Waals surface area contributed by atoms with E-state index in [2.05, 4.69) is 4.98 Å². The SMILES string of the molecule is CN(CCCOc1cccc(S(C)(=O)=O)c1)C(=O)CN(C)S(=O)(=O)c1cccnc1. The Hall–Kier alpha value is -2.50. The number of pyridine rings is 1. The predicted molar refractivity (Wildman–Crippen MR) is 111 cm³/mol. The number of rotatable bonds is 10. The minimum Gasteiger partial charge on any atom is -0.493 e. The number of likely N-dealkylation sites (N-methyl/N-ethyl adjacent to an activating group) is 2. The molecule has 0 saturated heterocycles. The van der Waals surface area contributed by atoms with Crippen LogP contribution < -0.4 is 4.74 Å². The fourth-order valence-corrected chi connectivity index (χ4v) is 4.23. The highest BCUT2D eigenvalue weighted by Gasteiger charge is 2.24. The number of hydrogen-bond donors (Lipinski definition) is 0. The van der Waals surface area contributed by atoms with E-state index in [4.69, 9.17) is 4.74 Å². The Morgan fingerprint density at radius 3 is 2.40 bits per heavy atom. The number of carbonyl (C=O) groups is 1. The molecule has 0 spiro atoms. The first kappa shape index (κ1) is 23.8. The monoisotopic (exact) mass is 455 g/mol. The summed E-state index contributed by atoms with van der Waals surface area (Å²) in [6, 6.07) is 9.12. The van der Waals surface area contributed by atoms with Crippen molar-refractivity contribution >= 4 is 25.8 Å². The number of hydrogen-bond acceptors (Lipinski definition) is 7. The van der Waals surface area contributed by atoms with E-state index < -0.39 is 19.9 Å². The first-order valence-electron chi connectivity index (χ1n) is 9.05. The maximum Gasteiger partial charge on any atom is 0.244 e. The summed E-state index contributed by atoms with van der Waals surface area (Å²) in [5.74, 6) is 0.0678. The van der Waals surface area contributed by atoms with Crippen LogP contribution in [0.4, 0.5) is 0 Å². The van der Waals surface area contributed by atoms with Crippen molar-refractivity contribution in [1.29, 1.82) is 0 Å². The Balaban J connectivity index is 1.82. The number of sulfone groups is 1. The number of sulfonamides is 1. The van der Waals surface area contributed by atoms with Crippen molar-refractivity contribution < 1.29 is 26.4 Å². The molecule has 0 aliphatic carbocycles. The Bertz CT molecular complexity index is 1070. The number of carbonyl (C=O) groups excluding carboxylic acids is 1. The summed E-state index contributed by atoms with van der Waals surface area (Å²) in [5, 5.41) is 0. The van der Waals surface area contributed by atoms with Crippen molar-refractivity contribution in [3.63, 3.8) is 0 Å². The maximum absolute atomic E-state index is 12.5. The molecule has 1 aromatic carbocycles. The molecule has 1 aromatic heterocycles. The molecule has 11 heteroatoms. The fourth-order valence-electron chi connectivity index (χ4n) is 2.49. The van der Waals surface area contributed by atoms with Crippen LogP contribution in [0.25, 0.3) is 0 Å². The summed E-state index contributed by atoms with van der Waals surface area (Å²) in [4.78, 5) is 17.8. The molecular weight excluding hydrogens is 430 g/mol. The van der Waals surface area contributed by atoms with Crippen molar-refractivity contribution in [1.82, 2.24) is 14.2 Å². The quantitative estimate of drug-likeness (QED) is 0.492. The molecule has 30 heavy (non-hydrogen) atoms. The smallest absolute Gasteiger partial charge is 0.244 e. The zero-order valence-electron chi connectivity index (χ0n) is 17.1. The van der Waals surface area contributed by atoms with E-state index in [0.717, 1.165) is 10.6 Å². The molecule has 1 heterocycles. The van der Waals surface area contributed by atoms with E-state index in [1.807, 2.05) is 0 Å². The number of nitrogens with zero attached hydrogens (tertiary/aromatic N) is 3. The zero-order chi connectivity index (χ0) is 22.4. The number of ether oxygens (including phenoxy) is 1. The average molecular weight is 456 g/mol. The normalized spacial score (nSPS) is 12.0. The Morgan fingerprint density at radius 1 is 1.07 bits per heavy atom. The van der Waals surface area contributed by atoms with Gasteiger partial charge >= 0.3 is 0 Å². The second-order valence-electron chi connectivity index (χ2n) is 6.71. The predicted octanol–water partition coefficient (Wildman–Crippen LogP) is 1.03. The fraction of sp³-hybridized carbons (Fsp3) is 0.368. The topological polar surface area (TPSA) is 114 Å². The maximum atomic E-state index is 12.5. The molecule has 2 aromatic rings. The van der Waals surface area contributed by atoms with Gasteiger partial charge in [-0.1, -0.05) is 6.07 Å². The van der Waals surface area contributed by atoms with E-state index in [1.54, 1.807) is 19.2 Å². The molecule has 0 unspecified atom stereocenters. The molecule has 0 fully saturated rings. The van der Waals surface area contributed by atoms with Gasteiger partial charge < -0.3 is 9.64 Å². The van der Waals surface area contributed by atoms with Gasteiger partial charge in [-0.25, -0.2) is 16.8 Å². The van der Waals surface area contributed by atoms with Crippen LogP contribution in [-0.4, -0.2) is 77.0 Å². The van der Waals surface area contributed by atoms with Crippen LogP contribution in [0.2, 0.25) is 0 Å². The summed E-state index contributed by atoms with van der Waals surface area (Å²) in [7, 11) is -4.19. The van der Waals surface area contributed by atoms with E-state index in [9.17, 15) is 21.6 Å². The lowest BCUT2D eigenvalue weighted by atomic mass is 10.3. The van der Waals surface area contributed by atoms with Gasteiger partial charge in [-0.2, -0.15) is 4.31 Å². The number of benzene rings is 1. The lowest BCUT2D eigenvalue weighted by Gasteiger charge is -2.21. The molecular formula is C19H25N3O6S2. The highest BCUT2D eigenvalue weighted by molar-refractivity contribution is 7.90. The van der Waals surface area contributed by atoms with Crippen LogP contribution in [-0.2, 0) is 24.7 Å². The van der Waals surface area contributed by atoms with E-state index in [-0.39, 0.29) is 28.8 Å². The largest absolute Gasteiger partial charge is 0.493 e. The first-order valence-corrected chi connectivity index (χ1v) is 12.4. The van der Waals surface area contributed by atoms with Crippen LogP contribution in [0.5, 0.6) is 5.75 Å². The van der Waals surface area contributed by atoms with Crippen LogP contribution in [0.1, 0.15) is 6.42 Å². The third-order valence-corrected chi connectivity index (χ3v) is 7.16. The molecule has 9 nitrogen and oxygen atoms in total. The van der Waals surface area contributed by atoms with Gasteiger partial charge in [0.15, 0.2) is 9.84 Å². The molecule has 0 aliphatic rings. The van der Waals surface area contributed by atoms with E-state index >= 15 is 0 Å². The standard InChI is InChI=1S/C19H25N3O6S2/c1-21(11-6-12-28-16-7-4-8-17(13-16)29(3,24)25)19(23)15-22(2)30(26,27)18-9-5-10-20-14-18/h4-5,7-10,13-14H,6,11-12,15H2,1-3H3. The lowest BCUT2D eigenvalue weighted by molar-refractivity contribution is -0.130. The van der Waals surface area contributed by atoms with Crippen molar-refractivity contribution in [3.8, 4) is 5.75 Å². The van der Waals surface area contributed by atoms with Crippen molar-refractivity contribution in [2.45, 2.75) is 16.2 Å². The van der Waals surface area contributed by atoms with Crippen LogP contribution >= 0.6 is 0 Å². The van der Waals surface area contributed by atoms with Crippen molar-refractivity contribution in [3.05, 3.63) is 48.8 Å². The first-order chi connectivity index (χ1) is 14.0. The molecule has 0 N–H and O–H groups in total. The Morgan fingerprint density at radius 2 is 1.77 bits per heavy atom. The molecule has 0 radical (unpaired) electrons. The molecule has 2 rings (SSSR count). The second-order valence-corrected chi connectivity index (χ2v) is 10.8. The van der Waals surface area contributed by atoms with Gasteiger partial charge in [-0.05, 0) is 36.8 Å². The minimum atomic E-state index is -3.80. The second kappa shape index (κ2) is 10.0. The van der Waals surface area contributed by atoms with Gasteiger partial charge in [-0.15, -0.1) is 0 Å². The Kier molecular flexibility index (Phi) is 7.93. The van der Waals surface area contributed by atoms with Gasteiger partial charge in [-0.3, -0.25) is 9.78 Å². The van der Waals surface area contributed by atoms with Crippen LogP contribution in [0, 0.1) is 0 Å². The summed E-state index contributed by atoms with van der Waals surface area (Å²) < 4.78 is 54.6. The third-order valence-electron chi connectivity index (χ3n) is 4.27. The molecule has 0 aliphatic heterocycles. The highest BCUT2D eigenvalue weighted by Crippen LogP contribution is 2.17. The van der Waals surface area contributed by atoms with E-state index in [0.29, 0.717) is 18.7 Å². The summed E-state index contributed by atoms with van der Waals surface area (Å²) in [6.07, 6.45) is 4.32. The molecule has 0 atom stereocenters. The average Bonchev–Trinajstić information content (AvgIpc) is 2.71.